The third-order valence-electron chi connectivity index (χ3n) is 5.31. The van der Waals surface area contributed by atoms with Gasteiger partial charge in [-0.2, -0.15) is 23.2 Å². The maximum absolute atomic E-state index is 14.1. The van der Waals surface area contributed by atoms with Gasteiger partial charge >= 0.3 is 19.7 Å². The zero-order chi connectivity index (χ0) is 33.3. The van der Waals surface area contributed by atoms with Crippen molar-refractivity contribution < 1.29 is 59.7 Å². The standard InChI is InChI=1S/C22H26FN4O7PS2.C2HF3O2/c23-17-9-14(3-4-15(17)13-26)22(35(28,29)30)27-37(31,32)21-11-16-10-18(33-7-1-5-24)19(12-20(16)36-21)34-8-2-6-25;3-2(4,5)1(6)7/h3-4,9-12,22,27H,1-2,5-8,24-25H2,(H2,28,29,30);(H,6,7). The molecule has 0 spiro atoms. The largest absolute Gasteiger partial charge is 0.490 e. The number of halogens is 4. The molecule has 0 fully saturated rings. The monoisotopic (exact) mass is 686 g/mol. The average Bonchev–Trinajstić information content (AvgIpc) is 3.35. The fraction of sp³-hybridized carbons (Fsp3) is 0.333. The van der Waals surface area contributed by atoms with Gasteiger partial charge in [0.15, 0.2) is 11.5 Å². The van der Waals surface area contributed by atoms with Crippen molar-refractivity contribution in [2.24, 2.45) is 11.5 Å². The minimum Gasteiger partial charge on any atom is -0.490 e. The second-order valence-electron chi connectivity index (χ2n) is 8.65. The highest BCUT2D eigenvalue weighted by Gasteiger charge is 2.38. The molecule has 0 aliphatic heterocycles. The van der Waals surface area contributed by atoms with E-state index < -0.39 is 41.4 Å². The number of carboxylic acid groups (broad SMARTS) is 1. The van der Waals surface area contributed by atoms with E-state index in [-0.39, 0.29) is 15.3 Å². The van der Waals surface area contributed by atoms with Gasteiger partial charge < -0.3 is 35.8 Å². The molecule has 1 atom stereocenters. The molecular weight excluding hydrogens is 659 g/mol. The average molecular weight is 687 g/mol. The summed E-state index contributed by atoms with van der Waals surface area (Å²) in [4.78, 5) is 28.5. The van der Waals surface area contributed by atoms with Crippen molar-refractivity contribution in [2.75, 3.05) is 26.3 Å². The van der Waals surface area contributed by atoms with Crippen molar-refractivity contribution in [2.45, 2.75) is 29.0 Å². The van der Waals surface area contributed by atoms with E-state index in [0.717, 1.165) is 23.5 Å². The molecule has 1 unspecified atom stereocenters. The number of carboxylic acids is 1. The summed E-state index contributed by atoms with van der Waals surface area (Å²) in [5.41, 5.74) is 10.4. The van der Waals surface area contributed by atoms with Crippen LogP contribution in [0.25, 0.3) is 10.1 Å². The molecule has 0 radical (unpaired) electrons. The summed E-state index contributed by atoms with van der Waals surface area (Å²) in [5.74, 6) is -5.10. The number of benzene rings is 2. The van der Waals surface area contributed by atoms with E-state index >= 15 is 0 Å². The van der Waals surface area contributed by atoms with Crippen LogP contribution in [0.2, 0.25) is 0 Å². The summed E-state index contributed by atoms with van der Waals surface area (Å²) in [6.45, 7) is 1.47. The summed E-state index contributed by atoms with van der Waals surface area (Å²) in [6, 6.07) is 8.95. The van der Waals surface area contributed by atoms with Gasteiger partial charge in [0.25, 0.3) is 10.0 Å². The van der Waals surface area contributed by atoms with Crippen LogP contribution >= 0.6 is 18.9 Å². The molecular formula is C24H27F4N4O9PS2. The zero-order valence-corrected chi connectivity index (χ0v) is 25.0. The van der Waals surface area contributed by atoms with Gasteiger partial charge in [-0.25, -0.2) is 17.6 Å². The van der Waals surface area contributed by atoms with Crippen molar-refractivity contribution >= 4 is 45.0 Å². The normalized spacial score (nSPS) is 12.6. The van der Waals surface area contributed by atoms with Crippen molar-refractivity contribution in [3.05, 3.63) is 53.3 Å². The second-order valence-corrected chi connectivity index (χ2v) is 13.4. The van der Waals surface area contributed by atoms with E-state index in [1.807, 2.05) is 4.72 Å². The number of thiophene rings is 1. The minimum absolute atomic E-state index is 0.234. The molecule has 13 nitrogen and oxygen atoms in total. The van der Waals surface area contributed by atoms with Crippen molar-refractivity contribution in [3.8, 4) is 17.6 Å². The lowest BCUT2D eigenvalue weighted by Gasteiger charge is -2.20. The van der Waals surface area contributed by atoms with E-state index in [2.05, 4.69) is 0 Å². The highest BCUT2D eigenvalue weighted by atomic mass is 32.2. The molecule has 1 aromatic heterocycles. The van der Waals surface area contributed by atoms with Gasteiger partial charge in [-0.3, -0.25) is 4.57 Å². The molecule has 0 saturated carbocycles. The Hall–Kier alpha value is -3.34. The SMILES string of the molecule is N#Cc1ccc(C(NS(=O)(=O)c2cc3cc(OCCCN)c(OCCCN)cc3s2)P(=O)(O)O)cc1F.O=C(O)C(F)(F)F. The van der Waals surface area contributed by atoms with Gasteiger partial charge in [-0.05, 0) is 61.1 Å². The number of nitrogens with zero attached hydrogens (tertiary/aromatic N) is 1. The Bertz CT molecular complexity index is 1610. The fourth-order valence-corrected chi connectivity index (χ4v) is 7.24. The van der Waals surface area contributed by atoms with E-state index in [9.17, 15) is 40.3 Å². The molecule has 3 aromatic rings. The smallest absolute Gasteiger partial charge is 0.490 e. The maximum Gasteiger partial charge on any atom is 0.490 e. The Kier molecular flexibility index (Phi) is 13.1. The van der Waals surface area contributed by atoms with Gasteiger partial charge in [-0.1, -0.05) is 6.07 Å². The third-order valence-corrected chi connectivity index (χ3v) is 9.58. The lowest BCUT2D eigenvalue weighted by atomic mass is 10.1. The van der Waals surface area contributed by atoms with Crippen LogP contribution in [0.1, 0.15) is 29.8 Å². The molecule has 1 heterocycles. The van der Waals surface area contributed by atoms with Crippen LogP contribution in [0.5, 0.6) is 11.5 Å². The summed E-state index contributed by atoms with van der Waals surface area (Å²) in [5, 5.41) is 16.5. The first kappa shape index (κ1) is 36.8. The fourth-order valence-electron chi connectivity index (χ4n) is 3.24. The minimum atomic E-state index is -5.14. The zero-order valence-electron chi connectivity index (χ0n) is 22.5. The number of aliphatic carboxylic acids is 1. The second kappa shape index (κ2) is 15.6. The van der Waals surface area contributed by atoms with Crippen LogP contribution in [0.4, 0.5) is 17.6 Å². The summed E-state index contributed by atoms with van der Waals surface area (Å²) in [6.07, 6.45) is -3.90. The van der Waals surface area contributed by atoms with E-state index in [1.54, 1.807) is 18.2 Å². The Labute approximate surface area is 252 Å². The Morgan fingerprint density at radius 1 is 1.07 bits per heavy atom. The number of sulfonamides is 1. The van der Waals surface area contributed by atoms with Gasteiger partial charge in [0, 0.05) is 10.8 Å². The number of carbonyl (C=O) groups is 1. The molecule has 0 aliphatic carbocycles. The highest BCUT2D eigenvalue weighted by molar-refractivity contribution is 7.92. The number of hydrogen-bond donors (Lipinski definition) is 6. The Morgan fingerprint density at radius 3 is 2.07 bits per heavy atom. The van der Waals surface area contributed by atoms with Crippen LogP contribution in [0.3, 0.4) is 0 Å². The molecule has 242 valence electrons. The topological polar surface area (TPSA) is 235 Å². The van der Waals surface area contributed by atoms with Gasteiger partial charge in [0.05, 0.1) is 18.8 Å². The van der Waals surface area contributed by atoms with Crippen LogP contribution in [0.15, 0.2) is 40.6 Å². The number of alkyl halides is 3. The maximum atomic E-state index is 14.1. The molecule has 44 heavy (non-hydrogen) atoms. The number of fused-ring (bicyclic) bond motifs is 1. The van der Waals surface area contributed by atoms with E-state index in [0.29, 0.717) is 66.8 Å². The molecule has 20 heteroatoms. The lowest BCUT2D eigenvalue weighted by molar-refractivity contribution is -0.192. The summed E-state index contributed by atoms with van der Waals surface area (Å²) >= 11 is 0.851. The molecule has 0 aliphatic rings. The molecule has 2 aromatic carbocycles. The quantitative estimate of drug-likeness (QED) is 0.0864. The first-order chi connectivity index (χ1) is 20.4. The van der Waals surface area contributed by atoms with E-state index in [4.69, 9.17) is 36.1 Å². The van der Waals surface area contributed by atoms with Crippen LogP contribution in [-0.4, -0.2) is 61.8 Å². The van der Waals surface area contributed by atoms with Crippen molar-refractivity contribution in [3.63, 3.8) is 0 Å². The third kappa shape index (κ3) is 10.4. The number of rotatable bonds is 13. The van der Waals surface area contributed by atoms with Crippen LogP contribution in [-0.2, 0) is 19.4 Å². The molecule has 0 saturated heterocycles. The lowest BCUT2D eigenvalue weighted by Crippen LogP contribution is -2.28. The number of hydrogen-bond acceptors (Lipinski definition) is 10. The predicted molar refractivity (Wildman–Crippen MR) is 150 cm³/mol. The number of nitrogens with one attached hydrogen (secondary N) is 1. The molecule has 0 bridgehead atoms. The molecule has 0 amide bonds. The van der Waals surface area contributed by atoms with Crippen LogP contribution in [0, 0.1) is 17.1 Å². The number of nitrogens with two attached hydrogens (primary N) is 2. The van der Waals surface area contributed by atoms with Crippen molar-refractivity contribution in [1.29, 1.82) is 5.26 Å². The van der Waals surface area contributed by atoms with E-state index in [1.165, 1.54) is 6.07 Å². The van der Waals surface area contributed by atoms with Gasteiger partial charge in [0.2, 0.25) is 0 Å². The van der Waals surface area contributed by atoms with Crippen molar-refractivity contribution in [1.82, 2.24) is 4.72 Å². The Morgan fingerprint density at radius 2 is 1.61 bits per heavy atom. The summed E-state index contributed by atoms with van der Waals surface area (Å²) < 4.78 is 98.1. The molecule has 8 N–H and O–H groups in total. The number of ether oxygens (including phenoxy) is 2. The first-order valence-electron chi connectivity index (χ1n) is 12.2. The summed E-state index contributed by atoms with van der Waals surface area (Å²) in [7, 11) is -9.61. The molecule has 3 rings (SSSR count). The van der Waals surface area contributed by atoms with Crippen LogP contribution < -0.4 is 25.7 Å². The number of nitriles is 1. The van der Waals surface area contributed by atoms with Gasteiger partial charge in [0.1, 0.15) is 21.9 Å². The predicted octanol–water partition coefficient (Wildman–Crippen LogP) is 3.16. The Balaban J connectivity index is 0.000000860. The van der Waals surface area contributed by atoms with Gasteiger partial charge in [-0.15, -0.1) is 11.3 Å². The first-order valence-corrected chi connectivity index (χ1v) is 16.2. The highest BCUT2D eigenvalue weighted by Crippen LogP contribution is 2.51.